The molecule has 1 aliphatic heterocycles. The van der Waals surface area contributed by atoms with Crippen LogP contribution in [0.3, 0.4) is 0 Å². The smallest absolute Gasteiger partial charge is 0.408 e. The summed E-state index contributed by atoms with van der Waals surface area (Å²) in [6.45, 7) is 0.452. The largest absolute Gasteiger partial charge is 0.412 e. The van der Waals surface area contributed by atoms with Crippen LogP contribution in [0.2, 0.25) is 5.02 Å². The fourth-order valence-electron chi connectivity index (χ4n) is 1.16. The van der Waals surface area contributed by atoms with Gasteiger partial charge in [0.05, 0.1) is 5.02 Å². The molecule has 1 aliphatic rings. The van der Waals surface area contributed by atoms with Gasteiger partial charge in [0.2, 0.25) is 0 Å². The van der Waals surface area contributed by atoms with Crippen LogP contribution in [-0.4, -0.2) is 6.09 Å². The minimum absolute atomic E-state index is 0.444. The number of carbonyl (C=O) groups is 1. The SMILES string of the molecule is O=C1NCc2cc(Br)cc(Cl)c2O1. The summed E-state index contributed by atoms with van der Waals surface area (Å²) in [6, 6.07) is 3.56. The zero-order valence-electron chi connectivity index (χ0n) is 6.43. The Balaban J connectivity index is 2.53. The molecule has 5 heteroatoms. The van der Waals surface area contributed by atoms with Crippen molar-refractivity contribution in [1.82, 2.24) is 5.32 Å². The number of hydrogen-bond donors (Lipinski definition) is 1. The number of rotatable bonds is 0. The van der Waals surface area contributed by atoms with E-state index in [4.69, 9.17) is 16.3 Å². The second kappa shape index (κ2) is 3.20. The highest BCUT2D eigenvalue weighted by molar-refractivity contribution is 9.10. The van der Waals surface area contributed by atoms with Gasteiger partial charge in [-0.3, -0.25) is 0 Å². The van der Waals surface area contributed by atoms with E-state index in [-0.39, 0.29) is 0 Å². The molecular weight excluding hydrogens is 257 g/mol. The van der Waals surface area contributed by atoms with Crippen molar-refractivity contribution in [3.8, 4) is 5.75 Å². The van der Waals surface area contributed by atoms with E-state index in [0.717, 1.165) is 10.0 Å². The summed E-state index contributed by atoms with van der Waals surface area (Å²) >= 11 is 9.18. The van der Waals surface area contributed by atoms with E-state index in [2.05, 4.69) is 21.2 Å². The summed E-state index contributed by atoms with van der Waals surface area (Å²) in [5.41, 5.74) is 0.874. The lowest BCUT2D eigenvalue weighted by molar-refractivity contribution is 0.194. The third-order valence-corrected chi connectivity index (χ3v) is 2.44. The van der Waals surface area contributed by atoms with E-state index in [9.17, 15) is 4.79 Å². The molecular formula is C8H5BrClNO2. The van der Waals surface area contributed by atoms with Crippen LogP contribution < -0.4 is 10.1 Å². The van der Waals surface area contributed by atoms with E-state index in [1.807, 2.05) is 6.07 Å². The van der Waals surface area contributed by atoms with Crippen molar-refractivity contribution in [3.63, 3.8) is 0 Å². The number of nitrogens with one attached hydrogen (secondary N) is 1. The van der Waals surface area contributed by atoms with Gasteiger partial charge in [-0.15, -0.1) is 0 Å². The molecule has 0 aliphatic carbocycles. The van der Waals surface area contributed by atoms with Crippen molar-refractivity contribution in [1.29, 1.82) is 0 Å². The fraction of sp³-hybridized carbons (Fsp3) is 0.125. The zero-order chi connectivity index (χ0) is 9.42. The Morgan fingerprint density at radius 1 is 1.54 bits per heavy atom. The van der Waals surface area contributed by atoms with Crippen molar-refractivity contribution < 1.29 is 9.53 Å². The zero-order valence-corrected chi connectivity index (χ0v) is 8.78. The van der Waals surface area contributed by atoms with E-state index >= 15 is 0 Å². The molecule has 0 saturated heterocycles. The number of hydrogen-bond acceptors (Lipinski definition) is 2. The Morgan fingerprint density at radius 3 is 3.08 bits per heavy atom. The first-order valence-electron chi connectivity index (χ1n) is 3.60. The van der Waals surface area contributed by atoms with Crippen LogP contribution >= 0.6 is 27.5 Å². The van der Waals surface area contributed by atoms with Crippen molar-refractivity contribution in [2.24, 2.45) is 0 Å². The Labute approximate surface area is 88.2 Å². The van der Waals surface area contributed by atoms with Crippen molar-refractivity contribution in [2.45, 2.75) is 6.54 Å². The second-order valence-electron chi connectivity index (χ2n) is 2.62. The summed E-state index contributed by atoms with van der Waals surface area (Å²) in [5, 5.41) is 3.00. The van der Waals surface area contributed by atoms with Crippen LogP contribution in [0.1, 0.15) is 5.56 Å². The summed E-state index contributed by atoms with van der Waals surface area (Å²) in [6.07, 6.45) is -0.461. The molecule has 0 spiro atoms. The topological polar surface area (TPSA) is 38.3 Å². The lowest BCUT2D eigenvalue weighted by Gasteiger charge is -2.17. The second-order valence-corrected chi connectivity index (χ2v) is 3.94. The standard InChI is InChI=1S/C8H5BrClNO2/c9-5-1-4-3-11-8(12)13-7(4)6(10)2-5/h1-2H,3H2,(H,11,12). The van der Waals surface area contributed by atoms with Gasteiger partial charge in [-0.2, -0.15) is 0 Å². The molecule has 1 amide bonds. The van der Waals surface area contributed by atoms with Gasteiger partial charge in [-0.05, 0) is 12.1 Å². The van der Waals surface area contributed by atoms with Crippen LogP contribution in [0.15, 0.2) is 16.6 Å². The van der Waals surface area contributed by atoms with E-state index in [0.29, 0.717) is 17.3 Å². The molecule has 0 aromatic heterocycles. The van der Waals surface area contributed by atoms with E-state index in [1.165, 1.54) is 0 Å². The maximum absolute atomic E-state index is 10.9. The number of amides is 1. The van der Waals surface area contributed by atoms with Gasteiger partial charge < -0.3 is 10.1 Å². The minimum Gasteiger partial charge on any atom is -0.408 e. The summed E-state index contributed by atoms with van der Waals surface area (Å²) in [5.74, 6) is 0.452. The third-order valence-electron chi connectivity index (χ3n) is 1.70. The Hall–Kier alpha value is -0.740. The maximum atomic E-state index is 10.9. The molecule has 0 fully saturated rings. The number of benzene rings is 1. The van der Waals surface area contributed by atoms with Gasteiger partial charge in [0.1, 0.15) is 0 Å². The number of fused-ring (bicyclic) bond motifs is 1. The van der Waals surface area contributed by atoms with Gasteiger partial charge in [0, 0.05) is 16.6 Å². The highest BCUT2D eigenvalue weighted by Gasteiger charge is 2.19. The van der Waals surface area contributed by atoms with Gasteiger partial charge in [0.25, 0.3) is 0 Å². The molecule has 0 radical (unpaired) electrons. The maximum Gasteiger partial charge on any atom is 0.412 e. The average Bonchev–Trinajstić information content (AvgIpc) is 2.06. The van der Waals surface area contributed by atoms with Crippen LogP contribution in [0, 0.1) is 0 Å². The average molecular weight is 262 g/mol. The van der Waals surface area contributed by atoms with Gasteiger partial charge in [0.15, 0.2) is 5.75 Å². The van der Waals surface area contributed by atoms with Crippen LogP contribution in [0.4, 0.5) is 4.79 Å². The minimum atomic E-state index is -0.461. The van der Waals surface area contributed by atoms with Gasteiger partial charge in [-0.1, -0.05) is 27.5 Å². The molecule has 13 heavy (non-hydrogen) atoms. The lowest BCUT2D eigenvalue weighted by atomic mass is 10.2. The van der Waals surface area contributed by atoms with Crippen molar-refractivity contribution in [3.05, 3.63) is 27.2 Å². The van der Waals surface area contributed by atoms with Gasteiger partial charge >= 0.3 is 6.09 Å². The van der Waals surface area contributed by atoms with E-state index in [1.54, 1.807) is 6.07 Å². The molecule has 2 rings (SSSR count). The normalized spacial score (nSPS) is 14.5. The molecule has 1 aromatic rings. The van der Waals surface area contributed by atoms with Crippen LogP contribution in [0.5, 0.6) is 5.75 Å². The first-order chi connectivity index (χ1) is 6.16. The van der Waals surface area contributed by atoms with Gasteiger partial charge in [-0.25, -0.2) is 4.79 Å². The molecule has 68 valence electrons. The number of ether oxygens (including phenoxy) is 1. The monoisotopic (exact) mass is 261 g/mol. The fourth-order valence-corrected chi connectivity index (χ4v) is 2.07. The van der Waals surface area contributed by atoms with Crippen molar-refractivity contribution in [2.75, 3.05) is 0 Å². The highest BCUT2D eigenvalue weighted by atomic mass is 79.9. The van der Waals surface area contributed by atoms with Crippen LogP contribution in [-0.2, 0) is 6.54 Å². The molecule has 1 heterocycles. The van der Waals surface area contributed by atoms with E-state index < -0.39 is 6.09 Å². The summed E-state index contributed by atoms with van der Waals surface area (Å²) in [7, 11) is 0. The molecule has 3 nitrogen and oxygen atoms in total. The molecule has 1 N–H and O–H groups in total. The molecule has 0 unspecified atom stereocenters. The molecule has 0 saturated carbocycles. The Kier molecular flexibility index (Phi) is 2.17. The first kappa shape index (κ1) is 8.84. The lowest BCUT2D eigenvalue weighted by Crippen LogP contribution is -2.31. The molecule has 0 bridgehead atoms. The Morgan fingerprint density at radius 2 is 2.31 bits per heavy atom. The predicted octanol–water partition coefficient (Wildman–Crippen LogP) is 2.70. The van der Waals surface area contributed by atoms with Crippen LogP contribution in [0.25, 0.3) is 0 Å². The third kappa shape index (κ3) is 1.64. The highest BCUT2D eigenvalue weighted by Crippen LogP contribution is 2.34. The summed E-state index contributed by atoms with van der Waals surface area (Å²) in [4.78, 5) is 10.9. The molecule has 1 aromatic carbocycles. The summed E-state index contributed by atoms with van der Waals surface area (Å²) < 4.78 is 5.79. The quantitative estimate of drug-likeness (QED) is 0.781. The Bertz CT molecular complexity index is 381. The number of carbonyl (C=O) groups excluding carboxylic acids is 1. The number of halogens is 2. The molecule has 0 atom stereocenters. The predicted molar refractivity (Wildman–Crippen MR) is 52.0 cm³/mol. The first-order valence-corrected chi connectivity index (χ1v) is 4.77. The van der Waals surface area contributed by atoms with Crippen molar-refractivity contribution >= 4 is 33.6 Å².